The van der Waals surface area contributed by atoms with Crippen LogP contribution in [0.5, 0.6) is 0 Å². The number of rotatable bonds is 3. The van der Waals surface area contributed by atoms with Crippen LogP contribution in [0.4, 0.5) is 10.3 Å². The summed E-state index contributed by atoms with van der Waals surface area (Å²) < 4.78 is 13.3. The van der Waals surface area contributed by atoms with E-state index in [9.17, 15) is 9.18 Å². The van der Waals surface area contributed by atoms with Crippen LogP contribution >= 0.6 is 0 Å². The van der Waals surface area contributed by atoms with Crippen molar-refractivity contribution in [2.24, 2.45) is 5.10 Å². The van der Waals surface area contributed by atoms with E-state index in [1.165, 1.54) is 18.3 Å². The van der Waals surface area contributed by atoms with E-state index < -0.39 is 0 Å². The molecule has 0 spiro atoms. The quantitative estimate of drug-likeness (QED) is 0.639. The summed E-state index contributed by atoms with van der Waals surface area (Å²) in [5.74, 6) is -0.152. The zero-order chi connectivity index (χ0) is 13.0. The number of halogens is 1. The molecule has 0 atom stereocenters. The molecule has 6 heteroatoms. The molecular formula is C12H11FN4O. The minimum absolute atomic E-state index is 0.215. The second-order valence-corrected chi connectivity index (χ2v) is 3.63. The Kier molecular flexibility index (Phi) is 3.47. The SMILES string of the molecule is Cc1cc(=O)[nH]c(N/N=C/c2ccccc2F)n1. The number of aryl methyl sites for hydroxylation is 1. The predicted octanol–water partition coefficient (Wildman–Crippen LogP) is 1.66. The number of nitrogens with zero attached hydrogens (tertiary/aromatic N) is 2. The van der Waals surface area contributed by atoms with Gasteiger partial charge in [0.25, 0.3) is 5.56 Å². The molecule has 0 aliphatic rings. The maximum absolute atomic E-state index is 13.3. The maximum Gasteiger partial charge on any atom is 0.252 e. The van der Waals surface area contributed by atoms with E-state index in [1.807, 2.05) is 0 Å². The molecule has 2 N–H and O–H groups in total. The van der Waals surface area contributed by atoms with Gasteiger partial charge in [-0.3, -0.25) is 9.78 Å². The van der Waals surface area contributed by atoms with Crippen LogP contribution in [-0.4, -0.2) is 16.2 Å². The van der Waals surface area contributed by atoms with Gasteiger partial charge in [-0.05, 0) is 13.0 Å². The van der Waals surface area contributed by atoms with Gasteiger partial charge in [-0.1, -0.05) is 18.2 Å². The molecule has 5 nitrogen and oxygen atoms in total. The van der Waals surface area contributed by atoms with Gasteiger partial charge in [0.05, 0.1) is 6.21 Å². The minimum Gasteiger partial charge on any atom is -0.291 e. The number of hydrogen-bond acceptors (Lipinski definition) is 4. The highest BCUT2D eigenvalue weighted by atomic mass is 19.1. The molecule has 0 amide bonds. The summed E-state index contributed by atoms with van der Waals surface area (Å²) in [6.45, 7) is 1.70. The lowest BCUT2D eigenvalue weighted by Gasteiger charge is -1.99. The summed E-state index contributed by atoms with van der Waals surface area (Å²) in [5.41, 5.74) is 3.18. The summed E-state index contributed by atoms with van der Waals surface area (Å²) in [7, 11) is 0. The van der Waals surface area contributed by atoms with E-state index in [4.69, 9.17) is 0 Å². The zero-order valence-electron chi connectivity index (χ0n) is 9.64. The van der Waals surface area contributed by atoms with E-state index in [1.54, 1.807) is 25.1 Å². The Bertz CT molecular complexity index is 636. The average molecular weight is 246 g/mol. The average Bonchev–Trinajstić information content (AvgIpc) is 2.30. The van der Waals surface area contributed by atoms with Crippen LogP contribution in [0, 0.1) is 12.7 Å². The van der Waals surface area contributed by atoms with Crippen molar-refractivity contribution in [3.05, 3.63) is 57.8 Å². The summed E-state index contributed by atoms with van der Waals surface area (Å²) >= 11 is 0. The van der Waals surface area contributed by atoms with E-state index in [0.717, 1.165) is 0 Å². The smallest absolute Gasteiger partial charge is 0.252 e. The minimum atomic E-state index is -0.367. The Morgan fingerprint density at radius 3 is 2.94 bits per heavy atom. The highest BCUT2D eigenvalue weighted by Crippen LogP contribution is 2.03. The Hall–Kier alpha value is -2.50. The molecule has 18 heavy (non-hydrogen) atoms. The summed E-state index contributed by atoms with van der Waals surface area (Å²) in [4.78, 5) is 17.6. The first-order valence-electron chi connectivity index (χ1n) is 5.27. The Morgan fingerprint density at radius 2 is 2.22 bits per heavy atom. The van der Waals surface area contributed by atoms with Crippen molar-refractivity contribution in [3.63, 3.8) is 0 Å². The molecule has 2 aromatic rings. The summed E-state index contributed by atoms with van der Waals surface area (Å²) in [6.07, 6.45) is 1.32. The number of aromatic amines is 1. The van der Waals surface area contributed by atoms with Crippen molar-refractivity contribution in [3.8, 4) is 0 Å². The Morgan fingerprint density at radius 1 is 1.44 bits per heavy atom. The fraction of sp³-hybridized carbons (Fsp3) is 0.0833. The monoisotopic (exact) mass is 246 g/mol. The number of aromatic nitrogens is 2. The molecule has 0 saturated carbocycles. The van der Waals surface area contributed by atoms with Crippen LogP contribution in [0.1, 0.15) is 11.3 Å². The molecular weight excluding hydrogens is 235 g/mol. The molecule has 92 valence electrons. The lowest BCUT2D eigenvalue weighted by Crippen LogP contribution is -2.10. The van der Waals surface area contributed by atoms with Crippen molar-refractivity contribution >= 4 is 12.2 Å². The van der Waals surface area contributed by atoms with Crippen molar-refractivity contribution in [1.82, 2.24) is 9.97 Å². The largest absolute Gasteiger partial charge is 0.291 e. The molecule has 0 radical (unpaired) electrons. The molecule has 1 heterocycles. The normalized spacial score (nSPS) is 10.8. The highest BCUT2D eigenvalue weighted by Gasteiger charge is 1.97. The van der Waals surface area contributed by atoms with E-state index in [2.05, 4.69) is 20.5 Å². The van der Waals surface area contributed by atoms with Gasteiger partial charge in [0.1, 0.15) is 5.82 Å². The van der Waals surface area contributed by atoms with Crippen molar-refractivity contribution in [2.45, 2.75) is 6.92 Å². The number of benzene rings is 1. The van der Waals surface area contributed by atoms with Crippen LogP contribution in [0.2, 0.25) is 0 Å². The van der Waals surface area contributed by atoms with Crippen molar-refractivity contribution < 1.29 is 4.39 Å². The van der Waals surface area contributed by atoms with Gasteiger partial charge in [0.2, 0.25) is 5.95 Å². The lowest BCUT2D eigenvalue weighted by atomic mass is 10.2. The van der Waals surface area contributed by atoms with Gasteiger partial charge in [0.15, 0.2) is 0 Å². The predicted molar refractivity (Wildman–Crippen MR) is 67.2 cm³/mol. The molecule has 1 aromatic carbocycles. The first-order chi connectivity index (χ1) is 8.65. The first kappa shape index (κ1) is 12.0. The third kappa shape index (κ3) is 3.00. The molecule has 0 aliphatic carbocycles. The first-order valence-corrected chi connectivity index (χ1v) is 5.27. The van der Waals surface area contributed by atoms with Crippen LogP contribution in [0.15, 0.2) is 40.2 Å². The third-order valence-corrected chi connectivity index (χ3v) is 2.15. The van der Waals surface area contributed by atoms with Crippen molar-refractivity contribution in [1.29, 1.82) is 0 Å². The molecule has 0 aliphatic heterocycles. The van der Waals surface area contributed by atoms with Crippen LogP contribution in [0.3, 0.4) is 0 Å². The Balaban J connectivity index is 2.12. The summed E-state index contributed by atoms with van der Waals surface area (Å²) in [6, 6.07) is 7.60. The van der Waals surface area contributed by atoms with E-state index in [-0.39, 0.29) is 17.3 Å². The Labute approximate surface area is 102 Å². The van der Waals surface area contributed by atoms with Gasteiger partial charge in [-0.25, -0.2) is 14.8 Å². The third-order valence-electron chi connectivity index (χ3n) is 2.15. The van der Waals surface area contributed by atoms with Crippen LogP contribution < -0.4 is 11.0 Å². The van der Waals surface area contributed by atoms with Gasteiger partial charge in [0, 0.05) is 17.3 Å². The topological polar surface area (TPSA) is 70.1 Å². The molecule has 0 saturated heterocycles. The van der Waals surface area contributed by atoms with Crippen molar-refractivity contribution in [2.75, 3.05) is 5.43 Å². The molecule has 2 rings (SSSR count). The fourth-order valence-electron chi connectivity index (χ4n) is 1.37. The number of hydrazone groups is 1. The molecule has 1 aromatic heterocycles. The maximum atomic E-state index is 13.3. The van der Waals surface area contributed by atoms with Gasteiger partial charge < -0.3 is 0 Å². The summed E-state index contributed by atoms with van der Waals surface area (Å²) in [5, 5.41) is 3.81. The lowest BCUT2D eigenvalue weighted by molar-refractivity contribution is 0.626. The zero-order valence-corrected chi connectivity index (χ0v) is 9.64. The van der Waals surface area contributed by atoms with E-state index in [0.29, 0.717) is 11.3 Å². The number of nitrogens with one attached hydrogen (secondary N) is 2. The van der Waals surface area contributed by atoms with Gasteiger partial charge in [-0.2, -0.15) is 5.10 Å². The fourth-order valence-corrected chi connectivity index (χ4v) is 1.37. The highest BCUT2D eigenvalue weighted by molar-refractivity contribution is 5.80. The van der Waals surface area contributed by atoms with Crippen LogP contribution in [0.25, 0.3) is 0 Å². The number of hydrogen-bond donors (Lipinski definition) is 2. The van der Waals surface area contributed by atoms with Crippen LogP contribution in [-0.2, 0) is 0 Å². The van der Waals surface area contributed by atoms with Gasteiger partial charge in [-0.15, -0.1) is 0 Å². The number of H-pyrrole nitrogens is 1. The molecule has 0 bridgehead atoms. The van der Waals surface area contributed by atoms with Gasteiger partial charge >= 0.3 is 0 Å². The molecule has 0 unspecified atom stereocenters. The molecule has 0 fully saturated rings. The number of anilines is 1. The second kappa shape index (κ2) is 5.22. The standard InChI is InChI=1S/C12H11FN4O/c1-8-6-11(18)16-12(15-8)17-14-7-9-4-2-3-5-10(9)13/h2-7H,1H3,(H2,15,16,17,18)/b14-7+. The second-order valence-electron chi connectivity index (χ2n) is 3.63. The van der Waals surface area contributed by atoms with E-state index >= 15 is 0 Å².